The molecule has 0 bridgehead atoms. The summed E-state index contributed by atoms with van der Waals surface area (Å²) < 4.78 is 7.08. The number of likely N-dealkylation sites (N-methyl/N-ethyl adjacent to an activating group) is 1. The van der Waals surface area contributed by atoms with Crippen molar-refractivity contribution in [2.45, 2.75) is 24.8 Å². The zero-order valence-corrected chi connectivity index (χ0v) is 12.0. The van der Waals surface area contributed by atoms with E-state index in [1.807, 2.05) is 29.9 Å². The number of hydrogen-bond donors (Lipinski definition) is 0. The van der Waals surface area contributed by atoms with E-state index in [1.54, 1.807) is 4.90 Å². The fourth-order valence-corrected chi connectivity index (χ4v) is 2.21. The van der Waals surface area contributed by atoms with Crippen molar-refractivity contribution in [2.75, 3.05) is 40.3 Å². The average Bonchev–Trinajstić information content (AvgIpc) is 3.07. The first-order valence-electron chi connectivity index (χ1n) is 7.11. The minimum Gasteiger partial charge on any atom is -0.448 e. The van der Waals surface area contributed by atoms with Crippen molar-refractivity contribution in [1.82, 2.24) is 24.8 Å². The average molecular weight is 279 g/mol. The normalized spacial score (nSPS) is 19.2. The lowest BCUT2D eigenvalue weighted by atomic mass is 10.1. The number of amides is 1. The number of aromatic nitrogens is 3. The fraction of sp³-hybridized carbons (Fsp3) is 0.769. The van der Waals surface area contributed by atoms with Gasteiger partial charge in [-0.3, -0.25) is 0 Å². The Morgan fingerprint density at radius 1 is 1.45 bits per heavy atom. The van der Waals surface area contributed by atoms with Crippen LogP contribution in [0.2, 0.25) is 0 Å². The Balaban J connectivity index is 1.42. The molecule has 1 saturated heterocycles. The lowest BCUT2D eigenvalue weighted by molar-refractivity contribution is 0.0503. The van der Waals surface area contributed by atoms with E-state index >= 15 is 0 Å². The Kier molecular flexibility index (Phi) is 3.60. The summed E-state index contributed by atoms with van der Waals surface area (Å²) in [5.41, 5.74) is 1.09. The maximum absolute atomic E-state index is 11.7. The van der Waals surface area contributed by atoms with Gasteiger partial charge < -0.3 is 14.5 Å². The van der Waals surface area contributed by atoms with Gasteiger partial charge in [0, 0.05) is 31.7 Å². The molecule has 1 aromatic heterocycles. The summed E-state index contributed by atoms with van der Waals surface area (Å²) in [6.45, 7) is 2.50. The van der Waals surface area contributed by atoms with Crippen molar-refractivity contribution in [1.29, 1.82) is 0 Å². The minimum atomic E-state index is -0.231. The standard InChI is InChI=1S/C13H21N5O2/c1-16(2)5-6-20-13(19)17-7-11(8-17)18-9-12(14-15-18)10-3-4-10/h9-11H,3-8H2,1-2H3. The fourth-order valence-electron chi connectivity index (χ4n) is 2.21. The molecule has 0 spiro atoms. The van der Waals surface area contributed by atoms with Crippen LogP contribution in [0.3, 0.4) is 0 Å². The lowest BCUT2D eigenvalue weighted by Gasteiger charge is -2.37. The van der Waals surface area contributed by atoms with Gasteiger partial charge in [-0.25, -0.2) is 9.48 Å². The first-order chi connectivity index (χ1) is 9.63. The molecule has 0 unspecified atom stereocenters. The Labute approximate surface area is 118 Å². The molecule has 0 radical (unpaired) electrons. The van der Waals surface area contributed by atoms with E-state index < -0.39 is 0 Å². The summed E-state index contributed by atoms with van der Waals surface area (Å²) in [5, 5.41) is 8.35. The van der Waals surface area contributed by atoms with Crippen LogP contribution in [0.4, 0.5) is 4.79 Å². The molecule has 110 valence electrons. The smallest absolute Gasteiger partial charge is 0.409 e. The van der Waals surface area contributed by atoms with Gasteiger partial charge in [-0.15, -0.1) is 5.10 Å². The van der Waals surface area contributed by atoms with Gasteiger partial charge in [-0.1, -0.05) is 5.21 Å². The molecule has 7 nitrogen and oxygen atoms in total. The van der Waals surface area contributed by atoms with Crippen LogP contribution >= 0.6 is 0 Å². The third kappa shape index (κ3) is 2.92. The van der Waals surface area contributed by atoms with E-state index in [0.717, 1.165) is 12.2 Å². The van der Waals surface area contributed by atoms with Gasteiger partial charge in [0.15, 0.2) is 0 Å². The quantitative estimate of drug-likeness (QED) is 0.794. The molecule has 1 aromatic rings. The van der Waals surface area contributed by atoms with E-state index in [-0.39, 0.29) is 12.1 Å². The molecule has 1 saturated carbocycles. The Morgan fingerprint density at radius 3 is 2.85 bits per heavy atom. The van der Waals surface area contributed by atoms with E-state index in [4.69, 9.17) is 4.74 Å². The first kappa shape index (κ1) is 13.4. The van der Waals surface area contributed by atoms with Gasteiger partial charge in [0.1, 0.15) is 6.61 Å². The summed E-state index contributed by atoms with van der Waals surface area (Å²) in [4.78, 5) is 15.4. The zero-order valence-electron chi connectivity index (χ0n) is 12.0. The molecule has 0 aromatic carbocycles. The van der Waals surface area contributed by atoms with Gasteiger partial charge >= 0.3 is 6.09 Å². The predicted octanol–water partition coefficient (Wildman–Crippen LogP) is 0.710. The highest BCUT2D eigenvalue weighted by molar-refractivity contribution is 5.68. The number of hydrogen-bond acceptors (Lipinski definition) is 5. The van der Waals surface area contributed by atoms with Crippen LogP contribution in [0.1, 0.15) is 30.5 Å². The van der Waals surface area contributed by atoms with Crippen molar-refractivity contribution in [3.05, 3.63) is 11.9 Å². The molecule has 2 fully saturated rings. The summed E-state index contributed by atoms with van der Waals surface area (Å²) >= 11 is 0. The number of likely N-dealkylation sites (tertiary alicyclic amines) is 1. The minimum absolute atomic E-state index is 0.231. The third-order valence-corrected chi connectivity index (χ3v) is 3.78. The summed E-state index contributed by atoms with van der Waals surface area (Å²) in [6.07, 6.45) is 4.25. The molecule has 1 amide bonds. The Morgan fingerprint density at radius 2 is 2.20 bits per heavy atom. The van der Waals surface area contributed by atoms with Crippen molar-refractivity contribution in [3.63, 3.8) is 0 Å². The molecule has 1 aliphatic heterocycles. The monoisotopic (exact) mass is 279 g/mol. The zero-order chi connectivity index (χ0) is 14.1. The van der Waals surface area contributed by atoms with E-state index in [2.05, 4.69) is 10.3 Å². The number of ether oxygens (including phenoxy) is 1. The molecular formula is C13H21N5O2. The van der Waals surface area contributed by atoms with Crippen LogP contribution in [-0.4, -0.2) is 71.2 Å². The number of carbonyl (C=O) groups excluding carboxylic acids is 1. The predicted molar refractivity (Wildman–Crippen MR) is 72.5 cm³/mol. The van der Waals surface area contributed by atoms with Gasteiger partial charge in [0.25, 0.3) is 0 Å². The molecule has 20 heavy (non-hydrogen) atoms. The lowest BCUT2D eigenvalue weighted by Crippen LogP contribution is -2.51. The highest BCUT2D eigenvalue weighted by Gasteiger charge is 2.35. The van der Waals surface area contributed by atoms with Crippen LogP contribution in [0.25, 0.3) is 0 Å². The molecule has 0 N–H and O–H groups in total. The summed E-state index contributed by atoms with van der Waals surface area (Å²) in [7, 11) is 3.91. The highest BCUT2D eigenvalue weighted by Crippen LogP contribution is 2.39. The highest BCUT2D eigenvalue weighted by atomic mass is 16.6. The molecule has 3 rings (SSSR count). The van der Waals surface area contributed by atoms with Gasteiger partial charge in [-0.2, -0.15) is 0 Å². The van der Waals surface area contributed by atoms with Gasteiger partial charge in [-0.05, 0) is 26.9 Å². The summed E-state index contributed by atoms with van der Waals surface area (Å²) in [6, 6.07) is 0.247. The topological polar surface area (TPSA) is 63.5 Å². The molecular weight excluding hydrogens is 258 g/mol. The van der Waals surface area contributed by atoms with Crippen LogP contribution in [0, 0.1) is 0 Å². The number of nitrogens with zero attached hydrogens (tertiary/aromatic N) is 5. The second-order valence-corrected chi connectivity index (χ2v) is 5.87. The molecule has 1 aliphatic carbocycles. The molecule has 2 heterocycles. The van der Waals surface area contributed by atoms with E-state index in [1.165, 1.54) is 12.8 Å². The molecule has 2 aliphatic rings. The maximum atomic E-state index is 11.7. The maximum Gasteiger partial charge on any atom is 0.409 e. The Bertz CT molecular complexity index is 477. The van der Waals surface area contributed by atoms with Crippen molar-refractivity contribution in [3.8, 4) is 0 Å². The summed E-state index contributed by atoms with van der Waals surface area (Å²) in [5.74, 6) is 0.621. The molecule has 7 heteroatoms. The first-order valence-corrected chi connectivity index (χ1v) is 7.11. The van der Waals surface area contributed by atoms with E-state index in [9.17, 15) is 4.79 Å². The van der Waals surface area contributed by atoms with Crippen LogP contribution in [0.5, 0.6) is 0 Å². The second-order valence-electron chi connectivity index (χ2n) is 5.87. The number of rotatable bonds is 5. The largest absolute Gasteiger partial charge is 0.448 e. The van der Waals surface area contributed by atoms with Crippen LogP contribution in [0.15, 0.2) is 6.20 Å². The Hall–Kier alpha value is -1.63. The van der Waals surface area contributed by atoms with Crippen LogP contribution in [-0.2, 0) is 4.74 Å². The number of carbonyl (C=O) groups is 1. The SMILES string of the molecule is CN(C)CCOC(=O)N1CC(n2cc(C3CC3)nn2)C1. The van der Waals surface area contributed by atoms with Crippen molar-refractivity contribution < 1.29 is 9.53 Å². The molecule has 0 atom stereocenters. The van der Waals surface area contributed by atoms with E-state index in [0.29, 0.717) is 25.6 Å². The third-order valence-electron chi connectivity index (χ3n) is 3.78. The van der Waals surface area contributed by atoms with Gasteiger partial charge in [0.2, 0.25) is 0 Å². The van der Waals surface area contributed by atoms with Crippen LogP contribution < -0.4 is 0 Å². The van der Waals surface area contributed by atoms with Crippen molar-refractivity contribution in [2.24, 2.45) is 0 Å². The van der Waals surface area contributed by atoms with Gasteiger partial charge in [0.05, 0.1) is 11.7 Å². The second kappa shape index (κ2) is 5.40. The van der Waals surface area contributed by atoms with Crippen molar-refractivity contribution >= 4 is 6.09 Å².